The molecule has 1 N–H and O–H groups in total. The van der Waals surface area contributed by atoms with E-state index in [0.29, 0.717) is 16.1 Å². The van der Waals surface area contributed by atoms with Gasteiger partial charge in [0.1, 0.15) is 10.5 Å². The molecule has 22 heavy (non-hydrogen) atoms. The molecule has 4 amide bonds. The molecule has 116 valence electrons. The van der Waals surface area contributed by atoms with Crippen LogP contribution in [0.3, 0.4) is 0 Å². The van der Waals surface area contributed by atoms with Crippen molar-refractivity contribution < 1.29 is 19.2 Å². The molecular formula is C14H15N3O4S. The van der Waals surface area contributed by atoms with Crippen molar-refractivity contribution in [2.75, 3.05) is 19.4 Å². The number of fused-ring (bicyclic) bond motifs is 1. The number of anilines is 1. The molecule has 0 bridgehead atoms. The van der Waals surface area contributed by atoms with E-state index in [1.807, 2.05) is 0 Å². The molecule has 1 aromatic heterocycles. The molecule has 0 aliphatic carbocycles. The topological polar surface area (TPSA) is 86.8 Å². The molecule has 0 aromatic carbocycles. The Morgan fingerprint density at radius 2 is 1.91 bits per heavy atom. The van der Waals surface area contributed by atoms with Crippen LogP contribution in [0.5, 0.6) is 0 Å². The molecule has 2 aliphatic heterocycles. The molecule has 0 radical (unpaired) electrons. The zero-order valence-electron chi connectivity index (χ0n) is 12.4. The van der Waals surface area contributed by atoms with Crippen LogP contribution in [0, 0.1) is 0 Å². The highest BCUT2D eigenvalue weighted by Gasteiger charge is 2.55. The van der Waals surface area contributed by atoms with Gasteiger partial charge in [0.2, 0.25) is 5.91 Å². The quantitative estimate of drug-likeness (QED) is 0.819. The number of nitrogens with one attached hydrogen (secondary N) is 1. The number of amides is 4. The van der Waals surface area contributed by atoms with Crippen LogP contribution in [0.1, 0.15) is 40.5 Å². The number of likely N-dealkylation sites (tertiary alicyclic amines) is 1. The Labute approximate surface area is 130 Å². The number of carbonyl (C=O) groups is 4. The average Bonchev–Trinajstić information content (AvgIpc) is 3.02. The van der Waals surface area contributed by atoms with Crippen LogP contribution in [0.25, 0.3) is 0 Å². The number of likely N-dealkylation sites (N-methyl/N-ethyl adjacent to an activating group) is 1. The largest absolute Gasteiger partial charge is 0.379 e. The summed E-state index contributed by atoms with van der Waals surface area (Å²) in [7, 11) is 3.05. The number of rotatable bonds is 2. The summed E-state index contributed by atoms with van der Waals surface area (Å²) in [6, 6.07) is 0. The van der Waals surface area contributed by atoms with Crippen molar-refractivity contribution in [1.82, 2.24) is 9.80 Å². The van der Waals surface area contributed by atoms with Gasteiger partial charge in [-0.25, -0.2) is 0 Å². The zero-order chi connectivity index (χ0) is 16.2. The van der Waals surface area contributed by atoms with Gasteiger partial charge >= 0.3 is 0 Å². The van der Waals surface area contributed by atoms with E-state index < -0.39 is 23.3 Å². The summed E-state index contributed by atoms with van der Waals surface area (Å²) in [5, 5.41) is 5.11. The fourth-order valence-corrected chi connectivity index (χ4v) is 3.88. The third kappa shape index (κ3) is 1.67. The molecule has 3 heterocycles. The highest BCUT2D eigenvalue weighted by molar-refractivity contribution is 7.15. The number of piperidine rings is 1. The van der Waals surface area contributed by atoms with Crippen molar-refractivity contribution in [3.63, 3.8) is 0 Å². The lowest BCUT2D eigenvalue weighted by Crippen LogP contribution is -2.63. The lowest BCUT2D eigenvalue weighted by molar-refractivity contribution is -0.154. The first-order valence-corrected chi connectivity index (χ1v) is 7.70. The first-order valence-electron chi connectivity index (χ1n) is 6.82. The minimum atomic E-state index is -1.32. The van der Waals surface area contributed by atoms with Gasteiger partial charge in [0.25, 0.3) is 17.7 Å². The molecule has 1 saturated heterocycles. The minimum absolute atomic E-state index is 0.127. The van der Waals surface area contributed by atoms with E-state index in [-0.39, 0.29) is 18.7 Å². The fraction of sp³-hybridized carbons (Fsp3) is 0.429. The van der Waals surface area contributed by atoms with Crippen LogP contribution in [-0.4, -0.2) is 53.1 Å². The number of nitrogens with zero attached hydrogens (tertiary/aromatic N) is 2. The van der Waals surface area contributed by atoms with Gasteiger partial charge < -0.3 is 5.32 Å². The van der Waals surface area contributed by atoms with Crippen LogP contribution in [0.2, 0.25) is 0 Å². The third-order valence-electron chi connectivity index (χ3n) is 4.33. The Bertz CT molecular complexity index is 726. The van der Waals surface area contributed by atoms with E-state index in [9.17, 15) is 19.2 Å². The first kappa shape index (κ1) is 14.7. The Morgan fingerprint density at radius 1 is 1.23 bits per heavy atom. The van der Waals surface area contributed by atoms with Gasteiger partial charge in [0.15, 0.2) is 0 Å². The standard InChI is InChI=1S/C14H15N3O4S/c1-14(5-4-8(18)16(3)13(14)21)17-11(19)7-6-22-10(15-2)9(7)12(17)20/h6,15H,4-5H2,1-3H3. The fourth-order valence-electron chi connectivity index (χ4n) is 2.99. The van der Waals surface area contributed by atoms with Crippen molar-refractivity contribution >= 4 is 40.0 Å². The van der Waals surface area contributed by atoms with Crippen LogP contribution >= 0.6 is 11.3 Å². The summed E-state index contributed by atoms with van der Waals surface area (Å²) in [5.74, 6) is -1.78. The number of thiophene rings is 1. The summed E-state index contributed by atoms with van der Waals surface area (Å²) in [4.78, 5) is 51.5. The van der Waals surface area contributed by atoms with Gasteiger partial charge in [0.05, 0.1) is 11.1 Å². The monoisotopic (exact) mass is 321 g/mol. The molecular weight excluding hydrogens is 306 g/mol. The molecule has 7 nitrogen and oxygen atoms in total. The summed E-state index contributed by atoms with van der Waals surface area (Å²) in [5.41, 5.74) is -0.697. The Morgan fingerprint density at radius 3 is 2.55 bits per heavy atom. The Hall–Kier alpha value is -2.22. The minimum Gasteiger partial charge on any atom is -0.379 e. The van der Waals surface area contributed by atoms with Crippen molar-refractivity contribution in [3.8, 4) is 0 Å². The number of carbonyl (C=O) groups excluding carboxylic acids is 4. The van der Waals surface area contributed by atoms with E-state index >= 15 is 0 Å². The van der Waals surface area contributed by atoms with Gasteiger partial charge in [-0.3, -0.25) is 29.0 Å². The second-order valence-electron chi connectivity index (χ2n) is 5.58. The van der Waals surface area contributed by atoms with Crippen molar-refractivity contribution in [3.05, 3.63) is 16.5 Å². The normalized spacial score (nSPS) is 25.0. The first-order chi connectivity index (χ1) is 10.3. The van der Waals surface area contributed by atoms with Crippen LogP contribution in [-0.2, 0) is 9.59 Å². The van der Waals surface area contributed by atoms with E-state index in [2.05, 4.69) is 5.32 Å². The van der Waals surface area contributed by atoms with Crippen molar-refractivity contribution in [2.45, 2.75) is 25.3 Å². The molecule has 1 unspecified atom stereocenters. The van der Waals surface area contributed by atoms with Gasteiger partial charge in [0, 0.05) is 25.9 Å². The molecule has 0 spiro atoms. The lowest BCUT2D eigenvalue weighted by Gasteiger charge is -2.41. The highest BCUT2D eigenvalue weighted by atomic mass is 32.1. The summed E-state index contributed by atoms with van der Waals surface area (Å²) in [6.45, 7) is 1.54. The predicted octanol–water partition coefficient (Wildman–Crippen LogP) is 0.923. The molecule has 1 fully saturated rings. The second kappa shape index (κ2) is 4.64. The molecule has 1 atom stereocenters. The maximum atomic E-state index is 12.7. The van der Waals surface area contributed by atoms with Crippen molar-refractivity contribution in [2.24, 2.45) is 0 Å². The van der Waals surface area contributed by atoms with Gasteiger partial charge in [-0.15, -0.1) is 11.3 Å². The lowest BCUT2D eigenvalue weighted by atomic mass is 9.88. The number of hydrogen-bond donors (Lipinski definition) is 1. The second-order valence-corrected chi connectivity index (χ2v) is 6.46. The Balaban J connectivity index is 2.05. The van der Waals surface area contributed by atoms with Crippen molar-refractivity contribution in [1.29, 1.82) is 0 Å². The average molecular weight is 321 g/mol. The van der Waals surface area contributed by atoms with Gasteiger partial charge in [-0.1, -0.05) is 0 Å². The molecule has 0 saturated carbocycles. The molecule has 3 rings (SSSR count). The summed E-state index contributed by atoms with van der Waals surface area (Å²) in [6.07, 6.45) is 0.274. The molecule has 2 aliphatic rings. The summed E-state index contributed by atoms with van der Waals surface area (Å²) < 4.78 is 0. The molecule has 1 aromatic rings. The third-order valence-corrected chi connectivity index (χ3v) is 5.32. The highest BCUT2D eigenvalue weighted by Crippen LogP contribution is 2.40. The van der Waals surface area contributed by atoms with E-state index in [1.54, 1.807) is 19.4 Å². The molecule has 8 heteroatoms. The number of hydrogen-bond acceptors (Lipinski definition) is 6. The maximum absolute atomic E-state index is 12.7. The Kier molecular flexibility index (Phi) is 3.10. The maximum Gasteiger partial charge on any atom is 0.265 e. The van der Waals surface area contributed by atoms with E-state index in [0.717, 1.165) is 9.80 Å². The summed E-state index contributed by atoms with van der Waals surface area (Å²) >= 11 is 1.28. The van der Waals surface area contributed by atoms with E-state index in [4.69, 9.17) is 0 Å². The zero-order valence-corrected chi connectivity index (χ0v) is 13.2. The van der Waals surface area contributed by atoms with Gasteiger partial charge in [-0.05, 0) is 13.3 Å². The van der Waals surface area contributed by atoms with Crippen LogP contribution in [0.4, 0.5) is 5.00 Å². The van der Waals surface area contributed by atoms with Gasteiger partial charge in [-0.2, -0.15) is 0 Å². The SMILES string of the molecule is CNc1scc2c1C(=O)N(C1(C)CCC(=O)N(C)C1=O)C2=O. The van der Waals surface area contributed by atoms with Crippen LogP contribution < -0.4 is 5.32 Å². The predicted molar refractivity (Wildman–Crippen MR) is 79.8 cm³/mol. The van der Waals surface area contributed by atoms with Crippen LogP contribution in [0.15, 0.2) is 5.38 Å². The van der Waals surface area contributed by atoms with E-state index in [1.165, 1.54) is 18.4 Å². The number of imide groups is 2. The smallest absolute Gasteiger partial charge is 0.265 e.